The second-order valence-corrected chi connectivity index (χ2v) is 9.79. The summed E-state index contributed by atoms with van der Waals surface area (Å²) in [6, 6.07) is 7.59. The van der Waals surface area contributed by atoms with Crippen LogP contribution in [0, 0.1) is 12.8 Å². The van der Waals surface area contributed by atoms with Crippen molar-refractivity contribution in [3.05, 3.63) is 29.1 Å². The van der Waals surface area contributed by atoms with E-state index in [1.165, 1.54) is 21.9 Å². The highest BCUT2D eigenvalue weighted by Crippen LogP contribution is 2.32. The van der Waals surface area contributed by atoms with Gasteiger partial charge in [0.05, 0.1) is 25.0 Å². The Morgan fingerprint density at radius 3 is 2.67 bits per heavy atom. The maximum Gasteiger partial charge on any atom is 0.230 e. The van der Waals surface area contributed by atoms with Crippen molar-refractivity contribution in [2.75, 3.05) is 31.8 Å². The zero-order valence-corrected chi connectivity index (χ0v) is 17.2. The molecule has 1 unspecified atom stereocenters. The van der Waals surface area contributed by atoms with Crippen molar-refractivity contribution in [2.45, 2.75) is 19.8 Å². The van der Waals surface area contributed by atoms with E-state index in [1.807, 2.05) is 31.2 Å². The predicted molar refractivity (Wildman–Crippen MR) is 107 cm³/mol. The first-order valence-corrected chi connectivity index (χ1v) is 11.3. The maximum atomic E-state index is 12.6. The number of carbonyl (C=O) groups excluding carboxylic acids is 1. The highest BCUT2D eigenvalue weighted by atomic mass is 32.2. The molecule has 3 rings (SSSR count). The Balaban J connectivity index is 1.71. The SMILES string of the molecule is COc1ccc(-c2nc(NC(=O)C3CCCN(S(C)(=O)=O)C3)sc2C)cc1. The number of aryl methyl sites for hydroxylation is 1. The highest BCUT2D eigenvalue weighted by Gasteiger charge is 2.30. The van der Waals surface area contributed by atoms with E-state index >= 15 is 0 Å². The fraction of sp³-hybridized carbons (Fsp3) is 0.444. The van der Waals surface area contributed by atoms with Crippen molar-refractivity contribution in [1.82, 2.24) is 9.29 Å². The monoisotopic (exact) mass is 409 g/mol. The largest absolute Gasteiger partial charge is 0.497 e. The molecule has 1 N–H and O–H groups in total. The number of ether oxygens (including phenoxy) is 1. The smallest absolute Gasteiger partial charge is 0.230 e. The third kappa shape index (κ3) is 4.66. The number of thiazole rings is 1. The van der Waals surface area contributed by atoms with Gasteiger partial charge in [0.1, 0.15) is 5.75 Å². The first-order chi connectivity index (χ1) is 12.8. The Bertz CT molecular complexity index is 923. The van der Waals surface area contributed by atoms with Gasteiger partial charge in [0.25, 0.3) is 0 Å². The number of sulfonamides is 1. The topological polar surface area (TPSA) is 88.6 Å². The Kier molecular flexibility index (Phi) is 5.83. The summed E-state index contributed by atoms with van der Waals surface area (Å²) in [5.74, 6) is 0.230. The summed E-state index contributed by atoms with van der Waals surface area (Å²) < 4.78 is 30.0. The van der Waals surface area contributed by atoms with Crippen LogP contribution in [0.2, 0.25) is 0 Å². The number of hydrogen-bond donors (Lipinski definition) is 1. The third-order valence-electron chi connectivity index (χ3n) is 4.61. The lowest BCUT2D eigenvalue weighted by Crippen LogP contribution is -2.43. The molecular weight excluding hydrogens is 386 g/mol. The summed E-state index contributed by atoms with van der Waals surface area (Å²) in [7, 11) is -1.66. The van der Waals surface area contributed by atoms with Crippen LogP contribution in [0.25, 0.3) is 11.3 Å². The Morgan fingerprint density at radius 1 is 1.33 bits per heavy atom. The number of nitrogens with zero attached hydrogens (tertiary/aromatic N) is 2. The molecule has 2 heterocycles. The molecule has 9 heteroatoms. The van der Waals surface area contributed by atoms with Crippen molar-refractivity contribution >= 4 is 32.4 Å². The number of benzene rings is 1. The molecule has 1 aliphatic rings. The van der Waals surface area contributed by atoms with Crippen LogP contribution in [0.5, 0.6) is 5.75 Å². The van der Waals surface area contributed by atoms with Crippen LogP contribution in [-0.4, -0.2) is 50.1 Å². The molecule has 27 heavy (non-hydrogen) atoms. The molecule has 1 aromatic carbocycles. The highest BCUT2D eigenvalue weighted by molar-refractivity contribution is 7.88. The number of amides is 1. The van der Waals surface area contributed by atoms with E-state index < -0.39 is 10.0 Å². The molecule has 7 nitrogen and oxygen atoms in total. The summed E-state index contributed by atoms with van der Waals surface area (Å²) >= 11 is 1.41. The van der Waals surface area contributed by atoms with Gasteiger partial charge in [0, 0.05) is 23.5 Å². The van der Waals surface area contributed by atoms with Crippen molar-refractivity contribution in [1.29, 1.82) is 0 Å². The molecule has 0 bridgehead atoms. The van der Waals surface area contributed by atoms with Crippen molar-refractivity contribution < 1.29 is 17.9 Å². The van der Waals surface area contributed by atoms with E-state index in [0.29, 0.717) is 24.5 Å². The van der Waals surface area contributed by atoms with Gasteiger partial charge in [-0.05, 0) is 44.0 Å². The molecule has 0 spiro atoms. The van der Waals surface area contributed by atoms with Crippen LogP contribution < -0.4 is 10.1 Å². The number of rotatable bonds is 5. The average molecular weight is 410 g/mol. The molecular formula is C18H23N3O4S2. The maximum absolute atomic E-state index is 12.6. The van der Waals surface area contributed by atoms with Gasteiger partial charge in [0.15, 0.2) is 5.13 Å². The van der Waals surface area contributed by atoms with Crippen LogP contribution >= 0.6 is 11.3 Å². The summed E-state index contributed by atoms with van der Waals surface area (Å²) in [5.41, 5.74) is 1.77. The molecule has 1 aliphatic heterocycles. The van der Waals surface area contributed by atoms with Gasteiger partial charge in [-0.25, -0.2) is 17.7 Å². The van der Waals surface area contributed by atoms with Gasteiger partial charge in [-0.3, -0.25) is 4.79 Å². The van der Waals surface area contributed by atoms with Gasteiger partial charge < -0.3 is 10.1 Å². The third-order valence-corrected chi connectivity index (χ3v) is 6.77. The lowest BCUT2D eigenvalue weighted by Gasteiger charge is -2.29. The molecule has 1 amide bonds. The number of hydrogen-bond acceptors (Lipinski definition) is 6. The average Bonchev–Trinajstić information content (AvgIpc) is 3.01. The first-order valence-electron chi connectivity index (χ1n) is 8.66. The van der Waals surface area contributed by atoms with E-state index in [4.69, 9.17) is 4.74 Å². The molecule has 2 aromatic rings. The Morgan fingerprint density at radius 2 is 2.04 bits per heavy atom. The zero-order chi connectivity index (χ0) is 19.6. The van der Waals surface area contributed by atoms with Crippen molar-refractivity contribution in [3.8, 4) is 17.0 Å². The summed E-state index contributed by atoms with van der Waals surface area (Å²) in [6.45, 7) is 2.65. The summed E-state index contributed by atoms with van der Waals surface area (Å²) in [6.07, 6.45) is 2.53. The number of methoxy groups -OCH3 is 1. The Labute approximate surface area is 163 Å². The minimum absolute atomic E-state index is 0.182. The normalized spacial score (nSPS) is 18.3. The second-order valence-electron chi connectivity index (χ2n) is 6.60. The number of aromatic nitrogens is 1. The van der Waals surface area contributed by atoms with Gasteiger partial charge >= 0.3 is 0 Å². The van der Waals surface area contributed by atoms with Gasteiger partial charge in [-0.15, -0.1) is 11.3 Å². The van der Waals surface area contributed by atoms with Crippen LogP contribution in [0.3, 0.4) is 0 Å². The fourth-order valence-corrected chi connectivity index (χ4v) is 4.88. The number of anilines is 1. The van der Waals surface area contributed by atoms with Crippen LogP contribution in [0.4, 0.5) is 5.13 Å². The minimum atomic E-state index is -3.28. The molecule has 0 radical (unpaired) electrons. The van der Waals surface area contributed by atoms with E-state index in [1.54, 1.807) is 7.11 Å². The quantitative estimate of drug-likeness (QED) is 0.820. The van der Waals surface area contributed by atoms with Crippen LogP contribution in [0.1, 0.15) is 17.7 Å². The van der Waals surface area contributed by atoms with Gasteiger partial charge in [-0.1, -0.05) is 0 Å². The Hall–Kier alpha value is -1.97. The molecule has 1 saturated heterocycles. The summed E-state index contributed by atoms with van der Waals surface area (Å²) in [5, 5.41) is 3.39. The fourth-order valence-electron chi connectivity index (χ4n) is 3.13. The van der Waals surface area contributed by atoms with Crippen LogP contribution in [-0.2, 0) is 14.8 Å². The minimum Gasteiger partial charge on any atom is -0.497 e. The van der Waals surface area contributed by atoms with Gasteiger partial charge in [-0.2, -0.15) is 0 Å². The van der Waals surface area contributed by atoms with Gasteiger partial charge in [0.2, 0.25) is 15.9 Å². The van der Waals surface area contributed by atoms with E-state index in [0.717, 1.165) is 21.9 Å². The standard InChI is InChI=1S/C18H23N3O4S2/c1-12-16(13-6-8-15(25-2)9-7-13)19-18(26-12)20-17(22)14-5-4-10-21(11-14)27(3,23)24/h6-9,14H,4-5,10-11H2,1-3H3,(H,19,20,22). The molecule has 1 aromatic heterocycles. The van der Waals surface area contributed by atoms with E-state index in [-0.39, 0.29) is 18.4 Å². The summed E-state index contributed by atoms with van der Waals surface area (Å²) in [4.78, 5) is 18.1. The predicted octanol–water partition coefficient (Wildman–Crippen LogP) is 2.74. The van der Waals surface area contributed by atoms with E-state index in [9.17, 15) is 13.2 Å². The van der Waals surface area contributed by atoms with E-state index in [2.05, 4.69) is 10.3 Å². The van der Waals surface area contributed by atoms with Crippen molar-refractivity contribution in [3.63, 3.8) is 0 Å². The number of piperidine rings is 1. The molecule has 146 valence electrons. The number of carbonyl (C=O) groups is 1. The van der Waals surface area contributed by atoms with Crippen LogP contribution in [0.15, 0.2) is 24.3 Å². The zero-order valence-electron chi connectivity index (χ0n) is 15.6. The lowest BCUT2D eigenvalue weighted by atomic mass is 9.99. The molecule has 0 saturated carbocycles. The molecule has 1 atom stereocenters. The van der Waals surface area contributed by atoms with Crippen molar-refractivity contribution in [2.24, 2.45) is 5.92 Å². The lowest BCUT2D eigenvalue weighted by molar-refractivity contribution is -0.120. The molecule has 1 fully saturated rings. The first kappa shape index (κ1) is 19.8. The number of nitrogens with one attached hydrogen (secondary N) is 1. The molecule has 0 aliphatic carbocycles. The second kappa shape index (κ2) is 7.95.